The van der Waals surface area contributed by atoms with Crippen molar-refractivity contribution in [3.05, 3.63) is 24.3 Å². The van der Waals surface area contributed by atoms with E-state index < -0.39 is 0 Å². The van der Waals surface area contributed by atoms with Gasteiger partial charge < -0.3 is 5.32 Å². The summed E-state index contributed by atoms with van der Waals surface area (Å²) in [4.78, 5) is 0. The lowest BCUT2D eigenvalue weighted by molar-refractivity contribution is 1.36. The fourth-order valence-corrected chi connectivity index (χ4v) is 0.836. The van der Waals surface area contributed by atoms with Crippen LogP contribution in [0.3, 0.4) is 0 Å². The van der Waals surface area contributed by atoms with Crippen LogP contribution in [0.1, 0.15) is 0 Å². The van der Waals surface area contributed by atoms with Gasteiger partial charge in [-0.05, 0) is 18.2 Å². The summed E-state index contributed by atoms with van der Waals surface area (Å²) in [5.41, 5.74) is 4.75. The normalized spacial score (nSPS) is 8.82. The second-order valence-corrected chi connectivity index (χ2v) is 2.10. The molecule has 0 aliphatic rings. The molecule has 0 radical (unpaired) electrons. The van der Waals surface area contributed by atoms with Crippen LogP contribution in [-0.2, 0) is 0 Å². The third kappa shape index (κ3) is 1.97. The summed E-state index contributed by atoms with van der Waals surface area (Å²) in [5.74, 6) is 0. The van der Waals surface area contributed by atoms with Crippen molar-refractivity contribution in [1.82, 2.24) is 0 Å². The average Bonchev–Trinajstić information content (AvgIpc) is 2.06. The molecule has 0 saturated carbocycles. The summed E-state index contributed by atoms with van der Waals surface area (Å²) in [6, 6.07) is 7.80. The van der Waals surface area contributed by atoms with Gasteiger partial charge >= 0.3 is 0 Å². The molecule has 0 unspecified atom stereocenters. The summed E-state index contributed by atoms with van der Waals surface area (Å²) in [5, 5.41) is 6.58. The van der Waals surface area contributed by atoms with Crippen molar-refractivity contribution in [1.29, 1.82) is 0 Å². The van der Waals surface area contributed by atoms with E-state index in [1.54, 1.807) is 0 Å². The molecule has 2 N–H and O–H groups in total. The largest absolute Gasteiger partial charge is 0.388 e. The Balaban J connectivity index is 2.82. The maximum absolute atomic E-state index is 3.55. The van der Waals surface area contributed by atoms with Gasteiger partial charge in [0, 0.05) is 19.5 Å². The van der Waals surface area contributed by atoms with Gasteiger partial charge in [0.05, 0.1) is 5.69 Å². The molecule has 0 aromatic heterocycles. The van der Waals surface area contributed by atoms with Crippen molar-refractivity contribution < 1.29 is 0 Å². The Labute approximate surface area is 66.1 Å². The predicted molar refractivity (Wildman–Crippen MR) is 49.2 cm³/mol. The second kappa shape index (κ2) is 3.61. The van der Waals surface area contributed by atoms with Gasteiger partial charge in [-0.3, -0.25) is 5.43 Å². The summed E-state index contributed by atoms with van der Waals surface area (Å²) in [6.45, 7) is 3.33. The molecule has 0 saturated heterocycles. The number of hydrazone groups is 1. The SMILES string of the molecule is C=NNc1cccc(NC)c1. The van der Waals surface area contributed by atoms with E-state index in [0.29, 0.717) is 0 Å². The Bertz CT molecular complexity index is 245. The van der Waals surface area contributed by atoms with Crippen LogP contribution in [0.5, 0.6) is 0 Å². The van der Waals surface area contributed by atoms with E-state index in [-0.39, 0.29) is 0 Å². The first-order chi connectivity index (χ1) is 5.36. The van der Waals surface area contributed by atoms with E-state index in [0.717, 1.165) is 11.4 Å². The number of rotatable bonds is 3. The highest BCUT2D eigenvalue weighted by Crippen LogP contribution is 2.13. The van der Waals surface area contributed by atoms with Crippen LogP contribution < -0.4 is 10.7 Å². The first-order valence-electron chi connectivity index (χ1n) is 3.36. The number of nitrogens with zero attached hydrogens (tertiary/aromatic N) is 1. The molecular formula is C8H11N3. The van der Waals surface area contributed by atoms with Crippen LogP contribution in [0.15, 0.2) is 29.4 Å². The van der Waals surface area contributed by atoms with Crippen molar-refractivity contribution in [3.8, 4) is 0 Å². The summed E-state index contributed by atoms with van der Waals surface area (Å²) >= 11 is 0. The lowest BCUT2D eigenvalue weighted by Gasteiger charge is -2.02. The van der Waals surface area contributed by atoms with Crippen LogP contribution in [0.2, 0.25) is 0 Å². The Morgan fingerprint density at radius 2 is 2.09 bits per heavy atom. The van der Waals surface area contributed by atoms with Crippen LogP contribution in [0.4, 0.5) is 11.4 Å². The highest BCUT2D eigenvalue weighted by atomic mass is 15.3. The molecule has 1 aromatic carbocycles. The molecule has 0 atom stereocenters. The summed E-state index contributed by atoms with van der Waals surface area (Å²) < 4.78 is 0. The number of nitrogens with one attached hydrogen (secondary N) is 2. The Morgan fingerprint density at radius 1 is 1.36 bits per heavy atom. The molecule has 58 valence electrons. The molecule has 11 heavy (non-hydrogen) atoms. The zero-order valence-corrected chi connectivity index (χ0v) is 6.46. The van der Waals surface area contributed by atoms with Gasteiger partial charge in [0.2, 0.25) is 0 Å². The Hall–Kier alpha value is -1.51. The van der Waals surface area contributed by atoms with E-state index in [9.17, 15) is 0 Å². The molecule has 0 aliphatic heterocycles. The maximum atomic E-state index is 3.55. The molecule has 3 nitrogen and oxygen atoms in total. The molecule has 3 heteroatoms. The zero-order chi connectivity index (χ0) is 8.10. The third-order valence-corrected chi connectivity index (χ3v) is 1.36. The number of anilines is 2. The number of hydrogen-bond donors (Lipinski definition) is 2. The predicted octanol–water partition coefficient (Wildman–Crippen LogP) is 1.76. The second-order valence-electron chi connectivity index (χ2n) is 2.10. The van der Waals surface area contributed by atoms with Gasteiger partial charge in [-0.25, -0.2) is 0 Å². The topological polar surface area (TPSA) is 36.4 Å². The smallest absolute Gasteiger partial charge is 0.0582 e. The highest BCUT2D eigenvalue weighted by Gasteiger charge is 1.89. The molecule has 0 bridgehead atoms. The van der Waals surface area contributed by atoms with Crippen LogP contribution in [0, 0.1) is 0 Å². The van der Waals surface area contributed by atoms with Gasteiger partial charge in [-0.1, -0.05) is 6.07 Å². The lowest BCUT2D eigenvalue weighted by atomic mass is 10.3. The van der Waals surface area contributed by atoms with Gasteiger partial charge in [0.1, 0.15) is 0 Å². The van der Waals surface area contributed by atoms with Gasteiger partial charge in [0.15, 0.2) is 0 Å². The summed E-state index contributed by atoms with van der Waals surface area (Å²) in [7, 11) is 1.88. The summed E-state index contributed by atoms with van der Waals surface area (Å²) in [6.07, 6.45) is 0. The lowest BCUT2D eigenvalue weighted by Crippen LogP contribution is -1.90. The first kappa shape index (κ1) is 7.60. The van der Waals surface area contributed by atoms with Crippen LogP contribution in [0.25, 0.3) is 0 Å². The van der Waals surface area contributed by atoms with E-state index in [4.69, 9.17) is 0 Å². The third-order valence-electron chi connectivity index (χ3n) is 1.36. The molecular weight excluding hydrogens is 138 g/mol. The molecule has 0 fully saturated rings. The van der Waals surface area contributed by atoms with E-state index in [2.05, 4.69) is 22.6 Å². The van der Waals surface area contributed by atoms with E-state index in [1.807, 2.05) is 31.3 Å². The van der Waals surface area contributed by atoms with Gasteiger partial charge in [-0.15, -0.1) is 0 Å². The fourth-order valence-electron chi connectivity index (χ4n) is 0.836. The van der Waals surface area contributed by atoms with Crippen molar-refractivity contribution in [2.45, 2.75) is 0 Å². The minimum Gasteiger partial charge on any atom is -0.388 e. The number of hydrogen-bond acceptors (Lipinski definition) is 3. The monoisotopic (exact) mass is 149 g/mol. The van der Waals surface area contributed by atoms with Gasteiger partial charge in [0.25, 0.3) is 0 Å². The first-order valence-corrected chi connectivity index (χ1v) is 3.36. The Kier molecular flexibility index (Phi) is 2.49. The molecule has 0 aliphatic carbocycles. The molecule has 1 aromatic rings. The van der Waals surface area contributed by atoms with Gasteiger partial charge in [-0.2, -0.15) is 5.10 Å². The van der Waals surface area contributed by atoms with E-state index >= 15 is 0 Å². The fraction of sp³-hybridized carbons (Fsp3) is 0.125. The van der Waals surface area contributed by atoms with Crippen molar-refractivity contribution >= 4 is 18.1 Å². The zero-order valence-electron chi connectivity index (χ0n) is 6.46. The van der Waals surface area contributed by atoms with Crippen molar-refractivity contribution in [3.63, 3.8) is 0 Å². The van der Waals surface area contributed by atoms with Crippen molar-refractivity contribution in [2.75, 3.05) is 17.8 Å². The number of benzene rings is 1. The quantitative estimate of drug-likeness (QED) is 0.507. The van der Waals surface area contributed by atoms with Crippen molar-refractivity contribution in [2.24, 2.45) is 5.10 Å². The van der Waals surface area contributed by atoms with Crippen LogP contribution >= 0.6 is 0 Å². The molecule has 0 heterocycles. The van der Waals surface area contributed by atoms with E-state index in [1.165, 1.54) is 0 Å². The molecule has 0 spiro atoms. The Morgan fingerprint density at radius 3 is 2.73 bits per heavy atom. The molecule has 0 amide bonds. The van der Waals surface area contributed by atoms with Crippen LogP contribution in [-0.4, -0.2) is 13.8 Å². The highest BCUT2D eigenvalue weighted by molar-refractivity contribution is 5.56. The molecule has 1 rings (SSSR count). The minimum atomic E-state index is 0.937. The standard InChI is InChI=1S/C8H11N3/c1-9-7-4-3-5-8(6-7)11-10-2/h3-6,9,11H,2H2,1H3. The average molecular weight is 149 g/mol. The minimum absolute atomic E-state index is 0.937. The maximum Gasteiger partial charge on any atom is 0.0582 e.